The number of rotatable bonds is 2. The molecule has 0 saturated heterocycles. The Balaban J connectivity index is 2.28. The molecule has 1 N–H and O–H groups in total. The molecule has 2 heterocycles. The number of hydrogen-bond acceptors (Lipinski definition) is 4. The first kappa shape index (κ1) is 9.21. The fourth-order valence-corrected chi connectivity index (χ4v) is 1.11. The third-order valence-electron chi connectivity index (χ3n) is 1.77. The lowest BCUT2D eigenvalue weighted by atomic mass is 10.3. The summed E-state index contributed by atoms with van der Waals surface area (Å²) in [6.07, 6.45) is 1.54. The van der Waals surface area contributed by atoms with Crippen molar-refractivity contribution in [2.75, 3.05) is 0 Å². The molecule has 0 saturated carbocycles. The summed E-state index contributed by atoms with van der Waals surface area (Å²) < 4.78 is 5.39. The van der Waals surface area contributed by atoms with Crippen LogP contribution in [0.5, 0.6) is 11.6 Å². The first-order valence-electron chi connectivity index (χ1n) is 4.34. The van der Waals surface area contributed by atoms with Gasteiger partial charge in [-0.05, 0) is 19.1 Å². The Morgan fingerprint density at radius 3 is 3.07 bits per heavy atom. The van der Waals surface area contributed by atoms with Crippen LogP contribution >= 0.6 is 0 Å². The van der Waals surface area contributed by atoms with Crippen LogP contribution in [0.15, 0.2) is 24.4 Å². The number of nitriles is 1. The molecule has 2 aromatic heterocycles. The third kappa shape index (κ3) is 1.94. The molecule has 0 aliphatic rings. The Kier molecular flexibility index (Phi) is 2.33. The van der Waals surface area contributed by atoms with Crippen molar-refractivity contribution in [2.45, 2.75) is 6.92 Å². The topological polar surface area (TPSA) is 74.6 Å². The molecule has 0 bridgehead atoms. The highest BCUT2D eigenvalue weighted by Gasteiger charge is 2.06. The number of H-pyrrole nitrogens is 1. The molecule has 0 unspecified atom stereocenters. The summed E-state index contributed by atoms with van der Waals surface area (Å²) in [4.78, 5) is 3.88. The molecule has 0 aromatic carbocycles. The minimum atomic E-state index is 0.248. The van der Waals surface area contributed by atoms with Crippen LogP contribution in [0, 0.1) is 18.3 Å². The molecule has 5 nitrogen and oxygen atoms in total. The van der Waals surface area contributed by atoms with Gasteiger partial charge in [0.2, 0.25) is 5.88 Å². The van der Waals surface area contributed by atoms with Crippen molar-refractivity contribution >= 4 is 0 Å². The Hall–Kier alpha value is -2.35. The van der Waals surface area contributed by atoms with Gasteiger partial charge in [-0.3, -0.25) is 5.10 Å². The predicted octanol–water partition coefficient (Wildman–Crippen LogP) is 1.78. The standard InChI is InChI=1S/C10H8N4O/c1-7-5-10(14-13-7)15-9-3-2-4-12-8(9)6-11/h2-5H,1H3,(H,13,14). The minimum Gasteiger partial charge on any atom is -0.434 e. The van der Waals surface area contributed by atoms with Crippen LogP contribution in [-0.4, -0.2) is 15.2 Å². The van der Waals surface area contributed by atoms with Gasteiger partial charge in [-0.25, -0.2) is 4.98 Å². The van der Waals surface area contributed by atoms with Crippen molar-refractivity contribution < 1.29 is 4.74 Å². The lowest BCUT2D eigenvalue weighted by Gasteiger charge is -2.01. The minimum absolute atomic E-state index is 0.248. The van der Waals surface area contributed by atoms with E-state index in [4.69, 9.17) is 10.00 Å². The van der Waals surface area contributed by atoms with Gasteiger partial charge in [0.05, 0.1) is 0 Å². The monoisotopic (exact) mass is 200 g/mol. The number of aryl methyl sites for hydroxylation is 1. The third-order valence-corrected chi connectivity index (χ3v) is 1.77. The number of ether oxygens (including phenoxy) is 1. The zero-order valence-corrected chi connectivity index (χ0v) is 8.06. The fourth-order valence-electron chi connectivity index (χ4n) is 1.11. The first-order chi connectivity index (χ1) is 7.29. The highest BCUT2D eigenvalue weighted by Crippen LogP contribution is 2.21. The molecule has 74 valence electrons. The van der Waals surface area contributed by atoms with Crippen LogP contribution in [0.3, 0.4) is 0 Å². The van der Waals surface area contributed by atoms with Gasteiger partial charge in [-0.15, -0.1) is 5.10 Å². The van der Waals surface area contributed by atoms with Gasteiger partial charge in [-0.2, -0.15) is 5.26 Å². The second-order valence-electron chi connectivity index (χ2n) is 2.95. The van der Waals surface area contributed by atoms with E-state index in [1.165, 1.54) is 0 Å². The Morgan fingerprint density at radius 1 is 1.53 bits per heavy atom. The van der Waals surface area contributed by atoms with E-state index in [1.807, 2.05) is 13.0 Å². The van der Waals surface area contributed by atoms with E-state index in [0.717, 1.165) is 5.69 Å². The molecule has 2 rings (SSSR count). The number of aromatic nitrogens is 3. The van der Waals surface area contributed by atoms with Crippen LogP contribution in [0.2, 0.25) is 0 Å². The van der Waals surface area contributed by atoms with Crippen LogP contribution in [0.1, 0.15) is 11.4 Å². The van der Waals surface area contributed by atoms with Crippen molar-refractivity contribution in [1.29, 1.82) is 5.26 Å². The molecule has 0 spiro atoms. The van der Waals surface area contributed by atoms with Gasteiger partial charge in [-0.1, -0.05) is 0 Å². The van der Waals surface area contributed by atoms with Gasteiger partial charge in [0.25, 0.3) is 0 Å². The molecule has 0 amide bonds. The molecule has 2 aromatic rings. The van der Waals surface area contributed by atoms with E-state index in [2.05, 4.69) is 15.2 Å². The van der Waals surface area contributed by atoms with Crippen LogP contribution in [-0.2, 0) is 0 Å². The number of hydrogen-bond donors (Lipinski definition) is 1. The Bertz CT molecular complexity index is 512. The van der Waals surface area contributed by atoms with E-state index in [9.17, 15) is 0 Å². The Labute approximate surface area is 86.3 Å². The summed E-state index contributed by atoms with van der Waals surface area (Å²) in [6, 6.07) is 7.07. The second kappa shape index (κ2) is 3.80. The van der Waals surface area contributed by atoms with Crippen LogP contribution in [0.25, 0.3) is 0 Å². The highest BCUT2D eigenvalue weighted by molar-refractivity contribution is 5.38. The molecule has 0 aliphatic carbocycles. The maximum absolute atomic E-state index is 8.78. The van der Waals surface area contributed by atoms with E-state index in [-0.39, 0.29) is 5.69 Å². The van der Waals surface area contributed by atoms with Crippen molar-refractivity contribution in [1.82, 2.24) is 15.2 Å². The van der Waals surface area contributed by atoms with Gasteiger partial charge >= 0.3 is 0 Å². The summed E-state index contributed by atoms with van der Waals surface area (Å²) in [5.74, 6) is 0.837. The van der Waals surface area contributed by atoms with Crippen molar-refractivity contribution in [2.24, 2.45) is 0 Å². The number of nitrogens with one attached hydrogen (secondary N) is 1. The summed E-state index contributed by atoms with van der Waals surface area (Å²) in [5, 5.41) is 15.4. The smallest absolute Gasteiger partial charge is 0.238 e. The summed E-state index contributed by atoms with van der Waals surface area (Å²) in [6.45, 7) is 1.87. The van der Waals surface area contributed by atoms with Crippen LogP contribution in [0.4, 0.5) is 0 Å². The summed E-state index contributed by atoms with van der Waals surface area (Å²) in [7, 11) is 0. The lowest BCUT2D eigenvalue weighted by molar-refractivity contribution is 0.458. The Morgan fingerprint density at radius 2 is 2.40 bits per heavy atom. The van der Waals surface area contributed by atoms with Gasteiger partial charge < -0.3 is 4.74 Å². The lowest BCUT2D eigenvalue weighted by Crippen LogP contribution is -1.90. The van der Waals surface area contributed by atoms with Gasteiger partial charge in [0.15, 0.2) is 11.4 Å². The maximum Gasteiger partial charge on any atom is 0.238 e. The van der Waals surface area contributed by atoms with Crippen LogP contribution < -0.4 is 4.74 Å². The van der Waals surface area contributed by atoms with Crippen molar-refractivity contribution in [3.05, 3.63) is 35.8 Å². The first-order valence-corrected chi connectivity index (χ1v) is 4.34. The largest absolute Gasteiger partial charge is 0.434 e. The molecule has 0 atom stereocenters. The average molecular weight is 200 g/mol. The highest BCUT2D eigenvalue weighted by atomic mass is 16.5. The molecule has 5 heteroatoms. The van der Waals surface area contributed by atoms with Gasteiger partial charge in [0.1, 0.15) is 6.07 Å². The van der Waals surface area contributed by atoms with E-state index < -0.39 is 0 Å². The van der Waals surface area contributed by atoms with Gasteiger partial charge in [0, 0.05) is 18.0 Å². The zero-order valence-electron chi connectivity index (χ0n) is 8.06. The zero-order chi connectivity index (χ0) is 10.7. The van der Waals surface area contributed by atoms with Crippen molar-refractivity contribution in [3.63, 3.8) is 0 Å². The molecular formula is C10H8N4O. The molecule has 0 fully saturated rings. The maximum atomic E-state index is 8.78. The SMILES string of the molecule is Cc1cc(Oc2cccnc2C#N)n[nH]1. The van der Waals surface area contributed by atoms with E-state index >= 15 is 0 Å². The molecule has 15 heavy (non-hydrogen) atoms. The summed E-state index contributed by atoms with van der Waals surface area (Å²) in [5.41, 5.74) is 1.14. The predicted molar refractivity (Wildman–Crippen MR) is 52.4 cm³/mol. The fraction of sp³-hybridized carbons (Fsp3) is 0.100. The number of pyridine rings is 1. The average Bonchev–Trinajstić information content (AvgIpc) is 2.65. The second-order valence-corrected chi connectivity index (χ2v) is 2.95. The number of aromatic amines is 1. The van der Waals surface area contributed by atoms with E-state index in [1.54, 1.807) is 24.4 Å². The molecular weight excluding hydrogens is 192 g/mol. The number of nitrogens with zero attached hydrogens (tertiary/aromatic N) is 3. The quantitative estimate of drug-likeness (QED) is 0.801. The van der Waals surface area contributed by atoms with E-state index in [0.29, 0.717) is 11.6 Å². The normalized spacial score (nSPS) is 9.60. The molecule has 0 radical (unpaired) electrons. The summed E-state index contributed by atoms with van der Waals surface area (Å²) >= 11 is 0. The van der Waals surface area contributed by atoms with Crippen molar-refractivity contribution in [3.8, 4) is 17.7 Å². The molecule has 0 aliphatic heterocycles.